The lowest BCUT2D eigenvalue weighted by Crippen LogP contribution is -2.45. The number of aromatic hydroxyl groups is 1. The van der Waals surface area contributed by atoms with Crippen molar-refractivity contribution in [3.63, 3.8) is 0 Å². The second kappa shape index (κ2) is 10.2. The summed E-state index contributed by atoms with van der Waals surface area (Å²) in [7, 11) is -5.86. The van der Waals surface area contributed by atoms with E-state index in [4.69, 9.17) is 19.4 Å². The second-order valence-corrected chi connectivity index (χ2v) is 14.3. The lowest BCUT2D eigenvalue weighted by atomic mass is 10.1. The number of carbonyl (C=O) groups excluding carboxylic acids is 1. The first-order valence-electron chi connectivity index (χ1n) is 11.8. The predicted molar refractivity (Wildman–Crippen MR) is 140 cm³/mol. The van der Waals surface area contributed by atoms with Crippen LogP contribution < -0.4 is 10.5 Å². The highest BCUT2D eigenvalue weighted by atomic mass is 32.2. The maximum Gasteiger partial charge on any atom is 0.362 e. The highest BCUT2D eigenvalue weighted by Crippen LogP contribution is 2.42. The molecule has 13 nitrogen and oxygen atoms in total. The minimum atomic E-state index is -4.55. The van der Waals surface area contributed by atoms with Crippen molar-refractivity contribution in [2.75, 3.05) is 12.3 Å². The van der Waals surface area contributed by atoms with Crippen molar-refractivity contribution in [2.24, 2.45) is 0 Å². The van der Waals surface area contributed by atoms with Gasteiger partial charge in [0.2, 0.25) is 0 Å². The second-order valence-electron chi connectivity index (χ2n) is 10.1. The summed E-state index contributed by atoms with van der Waals surface area (Å²) in [6, 6.07) is 5.57. The molecule has 0 spiro atoms. The topological polar surface area (TPSA) is 181 Å². The summed E-state index contributed by atoms with van der Waals surface area (Å²) in [6.07, 6.45) is 1.94. The van der Waals surface area contributed by atoms with Crippen LogP contribution in [0.5, 0.6) is 5.75 Å². The molecule has 0 aliphatic carbocycles. The highest BCUT2D eigenvalue weighted by molar-refractivity contribution is 7.85. The summed E-state index contributed by atoms with van der Waals surface area (Å²) in [4.78, 5) is 25.2. The van der Waals surface area contributed by atoms with Crippen LogP contribution in [0.25, 0.3) is 11.2 Å². The number of nitrogens with two attached hydrogens (primary N) is 1. The van der Waals surface area contributed by atoms with Crippen LogP contribution in [0.2, 0.25) is 13.1 Å². The number of carbonyl (C=O) groups is 1. The number of fused-ring (bicyclic) bond motifs is 1. The van der Waals surface area contributed by atoms with Crippen molar-refractivity contribution >= 4 is 42.0 Å². The molecule has 2 aromatic heterocycles. The molecule has 1 aliphatic heterocycles. The molecule has 1 aromatic carbocycles. The molecule has 0 unspecified atom stereocenters. The molecule has 1 aliphatic rings. The number of imidazole rings is 1. The van der Waals surface area contributed by atoms with Crippen LogP contribution in [0.1, 0.15) is 37.6 Å². The number of hydrogen-bond acceptors (Lipinski definition) is 11. The molecule has 38 heavy (non-hydrogen) atoms. The van der Waals surface area contributed by atoms with Gasteiger partial charge in [-0.1, -0.05) is 25.2 Å². The van der Waals surface area contributed by atoms with Gasteiger partial charge in [-0.25, -0.2) is 19.7 Å². The van der Waals surface area contributed by atoms with Crippen molar-refractivity contribution in [3.05, 3.63) is 42.5 Å². The fourth-order valence-corrected chi connectivity index (χ4v) is 6.70. The average molecular weight is 564 g/mol. The van der Waals surface area contributed by atoms with Gasteiger partial charge in [-0.2, -0.15) is 8.42 Å². The quantitative estimate of drug-likeness (QED) is 0.340. The van der Waals surface area contributed by atoms with E-state index >= 15 is 0 Å². The number of nitrogens with one attached hydrogen (secondary N) is 1. The summed E-state index contributed by atoms with van der Waals surface area (Å²) >= 11 is 0. The predicted octanol–water partition coefficient (Wildman–Crippen LogP) is 1.72. The fraction of sp³-hybridized carbons (Fsp3) is 0.478. The van der Waals surface area contributed by atoms with Crippen molar-refractivity contribution in [3.8, 4) is 5.75 Å². The fourth-order valence-electron chi connectivity index (χ4n) is 4.35. The molecule has 4 rings (SSSR count). The number of nitrogen functional groups attached to an aromatic ring is 1. The van der Waals surface area contributed by atoms with Gasteiger partial charge in [-0.05, 0) is 32.9 Å². The Bertz CT molecular complexity index is 1440. The van der Waals surface area contributed by atoms with Gasteiger partial charge in [0.1, 0.15) is 37.8 Å². The number of aromatic nitrogens is 4. The van der Waals surface area contributed by atoms with Gasteiger partial charge in [0.15, 0.2) is 11.5 Å². The minimum absolute atomic E-state index is 0.206. The minimum Gasteiger partial charge on any atom is -0.507 e. The van der Waals surface area contributed by atoms with Crippen molar-refractivity contribution < 1.29 is 32.0 Å². The van der Waals surface area contributed by atoms with Crippen LogP contribution in [-0.4, -0.2) is 72.2 Å². The average Bonchev–Trinajstić information content (AvgIpc) is 3.40. The van der Waals surface area contributed by atoms with E-state index in [1.54, 1.807) is 6.33 Å². The van der Waals surface area contributed by atoms with E-state index in [0.717, 1.165) is 0 Å². The molecule has 0 saturated carbocycles. The Morgan fingerprint density at radius 1 is 1.29 bits per heavy atom. The van der Waals surface area contributed by atoms with Crippen LogP contribution in [0.3, 0.4) is 0 Å². The first-order chi connectivity index (χ1) is 17.7. The number of phenols is 1. The molecule has 1 fully saturated rings. The molecule has 15 heteroatoms. The van der Waals surface area contributed by atoms with E-state index in [2.05, 4.69) is 28.0 Å². The van der Waals surface area contributed by atoms with Crippen molar-refractivity contribution in [1.29, 1.82) is 0 Å². The summed E-state index contributed by atoms with van der Waals surface area (Å²) in [6.45, 7) is 9.35. The Morgan fingerprint density at radius 2 is 2.00 bits per heavy atom. The van der Waals surface area contributed by atoms with Crippen molar-refractivity contribution in [1.82, 2.24) is 24.2 Å². The van der Waals surface area contributed by atoms with Gasteiger partial charge in [-0.3, -0.25) is 13.5 Å². The molecule has 1 radical (unpaired) electrons. The first-order valence-corrected chi connectivity index (χ1v) is 15.7. The normalized spacial score (nSPS) is 22.3. The Morgan fingerprint density at radius 3 is 2.66 bits per heavy atom. The number of rotatable bonds is 8. The summed E-state index contributed by atoms with van der Waals surface area (Å²) in [5, 5.41) is 8.94. The van der Waals surface area contributed by atoms with Gasteiger partial charge in [0.05, 0.1) is 30.2 Å². The van der Waals surface area contributed by atoms with Gasteiger partial charge in [-0.15, -0.1) is 0 Å². The number of hydrogen-bond donors (Lipinski definition) is 3. The SMILES string of the molecule is C[Si](C)[C@]1(n2cnc3c(N)ncnc32)C[C@H](OC(C)(C)C)[C@@H](COS(=O)(=O)NC(=O)c2ccccc2O)O1. The number of ether oxygens (including phenoxy) is 2. The van der Waals surface area contributed by atoms with Crippen LogP contribution >= 0.6 is 0 Å². The lowest BCUT2D eigenvalue weighted by Gasteiger charge is -2.34. The monoisotopic (exact) mass is 563 g/mol. The molecular weight excluding hydrogens is 532 g/mol. The summed E-state index contributed by atoms with van der Waals surface area (Å²) < 4.78 is 46.9. The van der Waals surface area contributed by atoms with Crippen LogP contribution in [-0.2, 0) is 29.3 Å². The van der Waals surface area contributed by atoms with E-state index in [1.807, 2.05) is 30.1 Å². The molecule has 1 saturated heterocycles. The number of amides is 1. The largest absolute Gasteiger partial charge is 0.507 e. The molecule has 0 bridgehead atoms. The van der Waals surface area contributed by atoms with E-state index in [9.17, 15) is 18.3 Å². The van der Waals surface area contributed by atoms with E-state index in [1.165, 1.54) is 30.6 Å². The molecule has 1 amide bonds. The maximum atomic E-state index is 12.6. The van der Waals surface area contributed by atoms with Crippen LogP contribution in [0.4, 0.5) is 5.82 Å². The summed E-state index contributed by atoms with van der Waals surface area (Å²) in [5.41, 5.74) is 6.13. The first kappa shape index (κ1) is 27.9. The number of nitrogens with zero attached hydrogens (tertiary/aromatic N) is 4. The number of anilines is 1. The number of para-hydroxylation sites is 1. The molecular formula is C23H31N6O7SSi. The number of phenolic OH excluding ortho intramolecular Hbond substituents is 1. The Kier molecular flexibility index (Phi) is 7.51. The Labute approximate surface area is 222 Å². The molecule has 3 atom stereocenters. The zero-order valence-corrected chi connectivity index (χ0v) is 23.5. The highest BCUT2D eigenvalue weighted by Gasteiger charge is 2.53. The van der Waals surface area contributed by atoms with E-state index in [0.29, 0.717) is 17.6 Å². The maximum absolute atomic E-state index is 12.6. The zero-order valence-electron chi connectivity index (χ0n) is 21.7. The van der Waals surface area contributed by atoms with Crippen LogP contribution in [0.15, 0.2) is 36.9 Å². The van der Waals surface area contributed by atoms with Gasteiger partial charge in [0, 0.05) is 6.42 Å². The van der Waals surface area contributed by atoms with Crippen LogP contribution in [0, 0.1) is 0 Å². The standard InChI is InChI=1S/C23H31N6O7SSi/c1-22(2,3)35-16-10-23(38(4)5,29-13-27-18-19(24)25-12-26-20(18)29)36-17(16)11-34-37(32,33)28-21(31)14-8-6-7-9-15(14)30/h6-9,12-13,16-17,30H,10-11H2,1-5H3,(H,28,31)(H2,24,25,26)/t16-,17+,23-/m0/s1. The zero-order chi connectivity index (χ0) is 27.9. The third-order valence-electron chi connectivity index (χ3n) is 6.03. The Balaban J connectivity index is 1.60. The molecule has 4 N–H and O–H groups in total. The molecule has 3 aromatic rings. The lowest BCUT2D eigenvalue weighted by molar-refractivity contribution is -0.109. The van der Waals surface area contributed by atoms with Gasteiger partial charge >= 0.3 is 10.3 Å². The number of benzene rings is 1. The molecule has 205 valence electrons. The Hall–Kier alpha value is -3.11. The van der Waals surface area contributed by atoms with Crippen molar-refractivity contribution in [2.45, 2.75) is 63.4 Å². The molecule has 3 heterocycles. The van der Waals surface area contributed by atoms with Gasteiger partial charge < -0.3 is 20.3 Å². The third-order valence-corrected chi connectivity index (χ3v) is 9.04. The third kappa shape index (κ3) is 5.66. The van der Waals surface area contributed by atoms with E-state index < -0.39 is 54.8 Å². The van der Waals surface area contributed by atoms with Gasteiger partial charge in [0.25, 0.3) is 5.91 Å². The summed E-state index contributed by atoms with van der Waals surface area (Å²) in [5.74, 6) is -1.15. The smallest absolute Gasteiger partial charge is 0.362 e. The van der Waals surface area contributed by atoms with E-state index in [-0.39, 0.29) is 17.1 Å².